The molecule has 0 bridgehead atoms. The van der Waals surface area contributed by atoms with Crippen LogP contribution >= 0.6 is 0 Å². The zero-order valence-corrected chi connectivity index (χ0v) is 14.6. The fourth-order valence-corrected chi connectivity index (χ4v) is 2.54. The van der Waals surface area contributed by atoms with E-state index in [1.807, 2.05) is 0 Å². The van der Waals surface area contributed by atoms with Gasteiger partial charge in [-0.3, -0.25) is 9.59 Å². The van der Waals surface area contributed by atoms with Crippen molar-refractivity contribution in [1.29, 1.82) is 0 Å². The fraction of sp³-hybridized carbons (Fsp3) is 0.714. The summed E-state index contributed by atoms with van der Waals surface area (Å²) in [6, 6.07) is 0.271. The summed E-state index contributed by atoms with van der Waals surface area (Å²) in [6.07, 6.45) is 6.59. The van der Waals surface area contributed by atoms with Gasteiger partial charge in [-0.1, -0.05) is 0 Å². The predicted molar refractivity (Wildman–Crippen MR) is 71.3 cm³/mol. The SMILES string of the molecule is COC(=O)CCC(CCC(=O)OC)[N+]1(C)CC=CC1.[I-]. The first kappa shape index (κ1) is 19.4. The molecule has 0 atom stereocenters. The minimum absolute atomic E-state index is 0. The first-order valence-electron chi connectivity index (χ1n) is 6.64. The van der Waals surface area contributed by atoms with Gasteiger partial charge in [-0.15, -0.1) is 0 Å². The van der Waals surface area contributed by atoms with E-state index in [1.165, 1.54) is 14.2 Å². The van der Waals surface area contributed by atoms with E-state index in [2.05, 4.69) is 28.7 Å². The average Bonchev–Trinajstić information content (AvgIpc) is 2.85. The summed E-state index contributed by atoms with van der Waals surface area (Å²) >= 11 is 0. The number of hydrogen-bond donors (Lipinski definition) is 0. The third-order valence-corrected chi connectivity index (χ3v) is 3.91. The lowest BCUT2D eigenvalue weighted by molar-refractivity contribution is -0.919. The number of carbonyl (C=O) groups is 2. The van der Waals surface area contributed by atoms with E-state index in [-0.39, 0.29) is 42.0 Å². The summed E-state index contributed by atoms with van der Waals surface area (Å²) in [6.45, 7) is 1.90. The van der Waals surface area contributed by atoms with Crippen molar-refractivity contribution in [3.8, 4) is 0 Å². The van der Waals surface area contributed by atoms with E-state index in [0.717, 1.165) is 30.4 Å². The van der Waals surface area contributed by atoms with Gasteiger partial charge in [0.1, 0.15) is 0 Å². The summed E-state index contributed by atoms with van der Waals surface area (Å²) in [5.74, 6) is -0.386. The van der Waals surface area contributed by atoms with Gasteiger partial charge < -0.3 is 37.9 Å². The molecule has 20 heavy (non-hydrogen) atoms. The molecule has 0 spiro atoms. The largest absolute Gasteiger partial charge is 1.00 e. The minimum Gasteiger partial charge on any atom is -1.00 e. The molecule has 0 saturated heterocycles. The number of rotatable bonds is 7. The number of esters is 2. The molecular weight excluding hydrogens is 373 g/mol. The normalized spacial score (nSPS) is 15.8. The van der Waals surface area contributed by atoms with Crippen molar-refractivity contribution in [2.75, 3.05) is 34.4 Å². The highest BCUT2D eigenvalue weighted by molar-refractivity contribution is 5.69. The van der Waals surface area contributed by atoms with Crippen molar-refractivity contribution in [1.82, 2.24) is 0 Å². The number of methoxy groups -OCH3 is 2. The van der Waals surface area contributed by atoms with E-state index in [0.29, 0.717) is 12.8 Å². The Kier molecular flexibility index (Phi) is 9.04. The standard InChI is InChI=1S/C14H24NO4.HI/c1-15(10-4-5-11-15)12(6-8-13(16)18-2)7-9-14(17)19-3;/h4-5,12H,6-11H2,1-3H3;1H/q+1;/p-1. The number of nitrogens with zero attached hydrogens (tertiary/aromatic N) is 1. The first-order valence-corrected chi connectivity index (χ1v) is 6.64. The summed E-state index contributed by atoms with van der Waals surface area (Å²) in [4.78, 5) is 22.6. The van der Waals surface area contributed by atoms with Crippen molar-refractivity contribution < 1.29 is 47.5 Å². The van der Waals surface area contributed by atoms with Crippen LogP contribution in [0.5, 0.6) is 0 Å². The zero-order chi connectivity index (χ0) is 14.3. The van der Waals surface area contributed by atoms with Crippen LogP contribution in [-0.2, 0) is 19.1 Å². The summed E-state index contributed by atoms with van der Waals surface area (Å²) < 4.78 is 10.2. The number of likely N-dealkylation sites (N-methyl/N-ethyl adjacent to an activating group) is 1. The molecule has 0 amide bonds. The minimum atomic E-state index is -0.193. The van der Waals surface area contributed by atoms with Gasteiger partial charge in [0.05, 0.1) is 53.2 Å². The van der Waals surface area contributed by atoms with E-state index < -0.39 is 0 Å². The second-order valence-electron chi connectivity index (χ2n) is 5.20. The molecule has 1 aliphatic heterocycles. The molecule has 1 rings (SSSR count). The van der Waals surface area contributed by atoms with Crippen LogP contribution in [0.4, 0.5) is 0 Å². The molecule has 0 aromatic rings. The topological polar surface area (TPSA) is 52.6 Å². The van der Waals surface area contributed by atoms with Crippen molar-refractivity contribution in [3.05, 3.63) is 12.2 Å². The predicted octanol–water partition coefficient (Wildman–Crippen LogP) is -1.72. The first-order chi connectivity index (χ1) is 9.01. The van der Waals surface area contributed by atoms with Gasteiger partial charge in [0.25, 0.3) is 0 Å². The van der Waals surface area contributed by atoms with Gasteiger partial charge in [-0.05, 0) is 12.2 Å². The molecular formula is C14H24INO4. The Hall–Kier alpha value is -0.630. The molecule has 0 unspecified atom stereocenters. The molecule has 5 nitrogen and oxygen atoms in total. The van der Waals surface area contributed by atoms with Crippen LogP contribution in [0.3, 0.4) is 0 Å². The van der Waals surface area contributed by atoms with Gasteiger partial charge in [0.15, 0.2) is 0 Å². The van der Waals surface area contributed by atoms with Gasteiger partial charge in [0.2, 0.25) is 0 Å². The highest BCUT2D eigenvalue weighted by atomic mass is 127. The van der Waals surface area contributed by atoms with Crippen LogP contribution in [0.1, 0.15) is 25.7 Å². The maximum atomic E-state index is 11.3. The Morgan fingerprint density at radius 1 is 1.05 bits per heavy atom. The molecule has 116 valence electrons. The zero-order valence-electron chi connectivity index (χ0n) is 12.4. The molecule has 0 radical (unpaired) electrons. The van der Waals surface area contributed by atoms with Gasteiger partial charge in [-0.2, -0.15) is 0 Å². The molecule has 0 aromatic heterocycles. The quantitative estimate of drug-likeness (QED) is 0.222. The Labute approximate surface area is 137 Å². The van der Waals surface area contributed by atoms with Crippen molar-refractivity contribution in [2.24, 2.45) is 0 Å². The molecule has 1 heterocycles. The second-order valence-corrected chi connectivity index (χ2v) is 5.20. The summed E-state index contributed by atoms with van der Waals surface area (Å²) in [5, 5.41) is 0. The molecule has 0 saturated carbocycles. The van der Waals surface area contributed by atoms with Gasteiger partial charge in [0, 0.05) is 12.8 Å². The Morgan fingerprint density at radius 2 is 1.45 bits per heavy atom. The summed E-state index contributed by atoms with van der Waals surface area (Å²) in [5.41, 5.74) is 0. The number of halogens is 1. The smallest absolute Gasteiger partial charge is 0.305 e. The molecule has 0 fully saturated rings. The van der Waals surface area contributed by atoms with Crippen LogP contribution in [-0.4, -0.2) is 56.8 Å². The number of ether oxygens (including phenoxy) is 2. The van der Waals surface area contributed by atoms with Gasteiger partial charge >= 0.3 is 11.9 Å². The third-order valence-electron chi connectivity index (χ3n) is 3.91. The van der Waals surface area contributed by atoms with Crippen molar-refractivity contribution >= 4 is 11.9 Å². The highest BCUT2D eigenvalue weighted by Gasteiger charge is 2.33. The van der Waals surface area contributed by atoms with Crippen LogP contribution < -0.4 is 24.0 Å². The van der Waals surface area contributed by atoms with Crippen molar-refractivity contribution in [2.45, 2.75) is 31.7 Å². The van der Waals surface area contributed by atoms with E-state index in [9.17, 15) is 9.59 Å². The van der Waals surface area contributed by atoms with Crippen LogP contribution in [0.15, 0.2) is 12.2 Å². The average molecular weight is 397 g/mol. The van der Waals surface area contributed by atoms with Gasteiger partial charge in [-0.25, -0.2) is 0 Å². The maximum absolute atomic E-state index is 11.3. The fourth-order valence-electron chi connectivity index (χ4n) is 2.54. The number of hydrogen-bond acceptors (Lipinski definition) is 4. The van der Waals surface area contributed by atoms with Crippen molar-refractivity contribution in [3.63, 3.8) is 0 Å². The lowest BCUT2D eigenvalue weighted by Gasteiger charge is -2.38. The molecule has 1 aliphatic rings. The van der Waals surface area contributed by atoms with E-state index in [1.54, 1.807) is 0 Å². The Morgan fingerprint density at radius 3 is 1.80 bits per heavy atom. The Balaban J connectivity index is 0.00000361. The molecule has 0 aromatic carbocycles. The van der Waals surface area contributed by atoms with Crippen LogP contribution in [0, 0.1) is 0 Å². The molecule has 0 N–H and O–H groups in total. The highest BCUT2D eigenvalue weighted by Crippen LogP contribution is 2.24. The lowest BCUT2D eigenvalue weighted by atomic mass is 10.0. The van der Waals surface area contributed by atoms with Crippen LogP contribution in [0.2, 0.25) is 0 Å². The molecule has 0 aliphatic carbocycles. The monoisotopic (exact) mass is 397 g/mol. The number of quaternary nitrogens is 1. The van der Waals surface area contributed by atoms with E-state index >= 15 is 0 Å². The van der Waals surface area contributed by atoms with Crippen LogP contribution in [0.25, 0.3) is 0 Å². The van der Waals surface area contributed by atoms with E-state index in [4.69, 9.17) is 0 Å². The third kappa shape index (κ3) is 5.78. The molecule has 6 heteroatoms. The maximum Gasteiger partial charge on any atom is 0.305 e. The second kappa shape index (κ2) is 9.33. The lowest BCUT2D eigenvalue weighted by Crippen LogP contribution is -3.00. The number of carbonyl (C=O) groups excluding carboxylic acids is 2. The Bertz CT molecular complexity index is 329. The summed E-state index contributed by atoms with van der Waals surface area (Å²) in [7, 11) is 4.97.